The molecule has 2 aromatic carbocycles. The van der Waals surface area contributed by atoms with Crippen molar-refractivity contribution in [3.05, 3.63) is 48.0 Å². The number of hydrogen-bond donors (Lipinski definition) is 1. The third kappa shape index (κ3) is 6.77. The van der Waals surface area contributed by atoms with Crippen molar-refractivity contribution in [2.75, 3.05) is 30.0 Å². The van der Waals surface area contributed by atoms with Crippen molar-refractivity contribution in [2.45, 2.75) is 65.2 Å². The van der Waals surface area contributed by atoms with E-state index < -0.39 is 0 Å². The lowest BCUT2D eigenvalue weighted by molar-refractivity contribution is -0.121. The van der Waals surface area contributed by atoms with Gasteiger partial charge in [0.2, 0.25) is 5.91 Å². The predicted octanol–water partition coefficient (Wildman–Crippen LogP) is 6.12. The molecule has 1 aliphatic carbocycles. The number of amides is 2. The van der Waals surface area contributed by atoms with Gasteiger partial charge >= 0.3 is 0 Å². The fourth-order valence-corrected chi connectivity index (χ4v) is 5.09. The summed E-state index contributed by atoms with van der Waals surface area (Å²) in [7, 11) is 0. The number of rotatable bonds is 10. The van der Waals surface area contributed by atoms with Crippen LogP contribution in [-0.4, -0.2) is 31.6 Å². The summed E-state index contributed by atoms with van der Waals surface area (Å²) in [5, 5.41) is 3.09. The number of unbranched alkanes of at least 4 members (excludes halogenated alkanes) is 1. The van der Waals surface area contributed by atoms with Gasteiger partial charge in [0, 0.05) is 18.2 Å². The second-order valence-electron chi connectivity index (χ2n) is 9.88. The van der Waals surface area contributed by atoms with E-state index in [-0.39, 0.29) is 24.3 Å². The van der Waals surface area contributed by atoms with E-state index in [1.165, 1.54) is 19.3 Å². The third-order valence-electron chi connectivity index (χ3n) is 7.14. The highest BCUT2D eigenvalue weighted by molar-refractivity contribution is 5.99. The van der Waals surface area contributed by atoms with Gasteiger partial charge < -0.3 is 19.7 Å². The molecule has 2 aliphatic rings. The van der Waals surface area contributed by atoms with Crippen LogP contribution in [0.25, 0.3) is 0 Å². The van der Waals surface area contributed by atoms with E-state index in [2.05, 4.69) is 12.2 Å². The van der Waals surface area contributed by atoms with Gasteiger partial charge in [-0.15, -0.1) is 0 Å². The van der Waals surface area contributed by atoms with Gasteiger partial charge in [0.05, 0.1) is 12.3 Å². The monoisotopic (exact) mass is 478 g/mol. The zero-order valence-corrected chi connectivity index (χ0v) is 21.1. The highest BCUT2D eigenvalue weighted by Crippen LogP contribution is 2.36. The molecule has 0 unspecified atom stereocenters. The van der Waals surface area contributed by atoms with Gasteiger partial charge in [0.25, 0.3) is 5.91 Å². The fraction of sp³-hybridized carbons (Fsp3) is 0.517. The van der Waals surface area contributed by atoms with Crippen LogP contribution >= 0.6 is 0 Å². The highest BCUT2D eigenvalue weighted by atomic mass is 16.5. The van der Waals surface area contributed by atoms with Gasteiger partial charge in [-0.3, -0.25) is 9.59 Å². The minimum absolute atomic E-state index is 0.0265. The molecule has 2 aromatic rings. The highest BCUT2D eigenvalue weighted by Gasteiger charge is 2.28. The summed E-state index contributed by atoms with van der Waals surface area (Å²) in [6, 6.07) is 13.5. The summed E-state index contributed by atoms with van der Waals surface area (Å²) in [6.45, 7) is 5.33. The Kier molecular flexibility index (Phi) is 8.67. The Balaban J connectivity index is 1.32. The normalized spacial score (nSPS) is 19.6. The Hall–Kier alpha value is -3.02. The largest absolute Gasteiger partial charge is 0.494 e. The molecule has 6 nitrogen and oxygen atoms in total. The van der Waals surface area contributed by atoms with Gasteiger partial charge in [-0.1, -0.05) is 38.3 Å². The molecule has 1 fully saturated rings. The van der Waals surface area contributed by atoms with E-state index in [4.69, 9.17) is 9.47 Å². The Morgan fingerprint density at radius 1 is 1.11 bits per heavy atom. The van der Waals surface area contributed by atoms with Crippen LogP contribution in [0.15, 0.2) is 42.5 Å². The Morgan fingerprint density at radius 2 is 1.94 bits per heavy atom. The van der Waals surface area contributed by atoms with Crippen molar-refractivity contribution < 1.29 is 19.1 Å². The summed E-state index contributed by atoms with van der Waals surface area (Å²) in [4.78, 5) is 27.3. The smallest absolute Gasteiger partial charge is 0.265 e. The number of carbonyl (C=O) groups is 2. The van der Waals surface area contributed by atoms with E-state index in [1.54, 1.807) is 4.90 Å². The number of nitrogens with zero attached hydrogens (tertiary/aromatic N) is 1. The maximum absolute atomic E-state index is 12.9. The average Bonchev–Trinajstić information content (AvgIpc) is 2.86. The number of aryl methyl sites for hydroxylation is 1. The van der Waals surface area contributed by atoms with Crippen molar-refractivity contribution in [3.63, 3.8) is 0 Å². The minimum Gasteiger partial charge on any atom is -0.494 e. The van der Waals surface area contributed by atoms with Crippen LogP contribution in [0.5, 0.6) is 11.5 Å². The van der Waals surface area contributed by atoms with Crippen LogP contribution in [0.2, 0.25) is 0 Å². The molecule has 4 rings (SSSR count). The first kappa shape index (κ1) is 25.1. The van der Waals surface area contributed by atoms with E-state index in [0.29, 0.717) is 36.7 Å². The first-order chi connectivity index (χ1) is 17.0. The Morgan fingerprint density at radius 3 is 2.71 bits per heavy atom. The summed E-state index contributed by atoms with van der Waals surface area (Å²) in [6.07, 6.45) is 8.70. The molecule has 1 aliphatic heterocycles. The molecule has 2 amide bonds. The number of ether oxygens (including phenoxy) is 2. The summed E-state index contributed by atoms with van der Waals surface area (Å²) in [5.41, 5.74) is 2.57. The molecule has 0 radical (unpaired) electrons. The second-order valence-corrected chi connectivity index (χ2v) is 9.88. The molecule has 0 aromatic heterocycles. The molecule has 35 heavy (non-hydrogen) atoms. The van der Waals surface area contributed by atoms with Crippen LogP contribution < -0.4 is 19.7 Å². The average molecular weight is 479 g/mol. The molecule has 0 atom stereocenters. The maximum Gasteiger partial charge on any atom is 0.265 e. The lowest BCUT2D eigenvalue weighted by atomic mass is 9.79. The van der Waals surface area contributed by atoms with Crippen molar-refractivity contribution in [3.8, 4) is 11.5 Å². The first-order valence-corrected chi connectivity index (χ1v) is 13.1. The van der Waals surface area contributed by atoms with Crippen LogP contribution in [0.3, 0.4) is 0 Å². The van der Waals surface area contributed by atoms with Crippen LogP contribution in [0.1, 0.15) is 63.9 Å². The van der Waals surface area contributed by atoms with E-state index in [0.717, 1.165) is 42.9 Å². The third-order valence-corrected chi connectivity index (χ3v) is 7.14. The van der Waals surface area contributed by atoms with Gasteiger partial charge in [-0.05, 0) is 80.8 Å². The molecule has 0 bridgehead atoms. The van der Waals surface area contributed by atoms with E-state index in [1.807, 2.05) is 49.4 Å². The first-order valence-electron chi connectivity index (χ1n) is 13.1. The Labute approximate surface area is 209 Å². The zero-order chi connectivity index (χ0) is 24.6. The standard InChI is InChI=1S/C29H38N2O4/c1-3-4-8-22-10-12-23(13-11-22)29(33)30-24-14-15-27-26(19-24)31(28(32)20-35-27)16-6-17-34-25-9-5-7-21(2)18-25/h5,7,9,14-15,18-19,22-23H,3-4,6,8,10-13,16-17,20H2,1-2H3,(H,30,33). The van der Waals surface area contributed by atoms with E-state index in [9.17, 15) is 9.59 Å². The minimum atomic E-state index is -0.0815. The van der Waals surface area contributed by atoms with E-state index >= 15 is 0 Å². The summed E-state index contributed by atoms with van der Waals surface area (Å²) in [5.74, 6) is 2.34. The molecule has 6 heteroatoms. The summed E-state index contributed by atoms with van der Waals surface area (Å²) >= 11 is 0. The van der Waals surface area contributed by atoms with Crippen LogP contribution in [0.4, 0.5) is 11.4 Å². The molecule has 0 saturated heterocycles. The number of carbonyl (C=O) groups excluding carboxylic acids is 2. The SMILES string of the molecule is CCCCC1CCC(C(=O)Nc2ccc3c(c2)N(CCCOc2cccc(C)c2)C(=O)CO3)CC1. The molecular weight excluding hydrogens is 440 g/mol. The molecule has 188 valence electrons. The number of fused-ring (bicyclic) bond motifs is 1. The van der Waals surface area contributed by atoms with Gasteiger partial charge in [0.15, 0.2) is 6.61 Å². The van der Waals surface area contributed by atoms with Gasteiger partial charge in [-0.2, -0.15) is 0 Å². The molecule has 1 N–H and O–H groups in total. The quantitative estimate of drug-likeness (QED) is 0.418. The number of hydrogen-bond acceptors (Lipinski definition) is 4. The van der Waals surface area contributed by atoms with Crippen molar-refractivity contribution in [1.82, 2.24) is 0 Å². The topological polar surface area (TPSA) is 67.9 Å². The van der Waals surface area contributed by atoms with Gasteiger partial charge in [-0.25, -0.2) is 0 Å². The summed E-state index contributed by atoms with van der Waals surface area (Å²) < 4.78 is 11.5. The lowest BCUT2D eigenvalue weighted by Crippen LogP contribution is -2.40. The van der Waals surface area contributed by atoms with Crippen molar-refractivity contribution >= 4 is 23.2 Å². The predicted molar refractivity (Wildman–Crippen MR) is 139 cm³/mol. The molecular formula is C29H38N2O4. The molecule has 0 spiro atoms. The van der Waals surface area contributed by atoms with Crippen LogP contribution in [0, 0.1) is 18.8 Å². The van der Waals surface area contributed by atoms with Crippen LogP contribution in [-0.2, 0) is 9.59 Å². The number of nitrogens with one attached hydrogen (secondary N) is 1. The fourth-order valence-electron chi connectivity index (χ4n) is 5.09. The number of anilines is 2. The maximum atomic E-state index is 12.9. The van der Waals surface area contributed by atoms with Gasteiger partial charge in [0.1, 0.15) is 11.5 Å². The lowest BCUT2D eigenvalue weighted by Gasteiger charge is -2.30. The number of benzene rings is 2. The second kappa shape index (κ2) is 12.1. The van der Waals surface area contributed by atoms with Crippen molar-refractivity contribution in [1.29, 1.82) is 0 Å². The molecule has 1 saturated carbocycles. The van der Waals surface area contributed by atoms with Crippen molar-refractivity contribution in [2.24, 2.45) is 11.8 Å². The zero-order valence-electron chi connectivity index (χ0n) is 21.1. The molecule has 1 heterocycles. The Bertz CT molecular complexity index is 1010.